The molecule has 0 atom stereocenters. The van der Waals surface area contributed by atoms with Crippen LogP contribution >= 0.6 is 23.8 Å². The van der Waals surface area contributed by atoms with Gasteiger partial charge in [-0.2, -0.15) is 5.10 Å². The number of hydrogen-bond donors (Lipinski definition) is 1. The normalized spacial score (nSPS) is 10.7. The number of nitrogens with two attached hydrogens (primary N) is 1. The Morgan fingerprint density at radius 2 is 2.24 bits per heavy atom. The Kier molecular flexibility index (Phi) is 4.80. The van der Waals surface area contributed by atoms with Gasteiger partial charge in [-0.25, -0.2) is 4.39 Å². The molecule has 0 spiro atoms. The van der Waals surface area contributed by atoms with Crippen LogP contribution in [0.2, 0.25) is 5.02 Å². The molecule has 0 saturated heterocycles. The molecule has 112 valence electrons. The molecule has 0 amide bonds. The summed E-state index contributed by atoms with van der Waals surface area (Å²) in [6, 6.07) is 4.36. The van der Waals surface area contributed by atoms with Crippen molar-refractivity contribution in [2.75, 3.05) is 0 Å². The SMILES string of the molecule is CCn1nc(C)c(Cl)c1COc1ccc(C(N)=S)cc1F. The van der Waals surface area contributed by atoms with Crippen LogP contribution in [-0.2, 0) is 13.2 Å². The third kappa shape index (κ3) is 3.33. The minimum Gasteiger partial charge on any atom is -0.484 e. The highest BCUT2D eigenvalue weighted by Gasteiger charge is 2.14. The largest absolute Gasteiger partial charge is 0.484 e. The van der Waals surface area contributed by atoms with E-state index in [2.05, 4.69) is 5.10 Å². The molecule has 0 aliphatic rings. The van der Waals surface area contributed by atoms with Gasteiger partial charge in [0.15, 0.2) is 11.6 Å². The van der Waals surface area contributed by atoms with Crippen LogP contribution in [0.4, 0.5) is 4.39 Å². The highest BCUT2D eigenvalue weighted by molar-refractivity contribution is 7.80. The van der Waals surface area contributed by atoms with Crippen LogP contribution < -0.4 is 10.5 Å². The molecule has 0 unspecified atom stereocenters. The van der Waals surface area contributed by atoms with Crippen molar-refractivity contribution in [2.24, 2.45) is 5.73 Å². The zero-order valence-electron chi connectivity index (χ0n) is 11.7. The van der Waals surface area contributed by atoms with E-state index in [0.29, 0.717) is 17.1 Å². The highest BCUT2D eigenvalue weighted by atomic mass is 35.5. The molecule has 0 bridgehead atoms. The van der Waals surface area contributed by atoms with Gasteiger partial charge < -0.3 is 10.5 Å². The van der Waals surface area contributed by atoms with E-state index in [9.17, 15) is 4.39 Å². The van der Waals surface area contributed by atoms with E-state index in [1.807, 2.05) is 13.8 Å². The van der Waals surface area contributed by atoms with Gasteiger partial charge >= 0.3 is 0 Å². The predicted molar refractivity (Wildman–Crippen MR) is 84.3 cm³/mol. The molecule has 2 aromatic rings. The van der Waals surface area contributed by atoms with Crippen LogP contribution in [0.1, 0.15) is 23.9 Å². The number of benzene rings is 1. The van der Waals surface area contributed by atoms with E-state index in [-0.39, 0.29) is 17.3 Å². The Hall–Kier alpha value is -1.66. The van der Waals surface area contributed by atoms with Gasteiger partial charge in [0.05, 0.1) is 16.4 Å². The lowest BCUT2D eigenvalue weighted by Gasteiger charge is -2.10. The van der Waals surface area contributed by atoms with E-state index in [1.54, 1.807) is 10.7 Å². The van der Waals surface area contributed by atoms with Crippen molar-refractivity contribution in [2.45, 2.75) is 27.0 Å². The minimum absolute atomic E-state index is 0.118. The maximum absolute atomic E-state index is 13.9. The van der Waals surface area contributed by atoms with Gasteiger partial charge in [0.2, 0.25) is 0 Å². The molecule has 2 rings (SSSR count). The maximum Gasteiger partial charge on any atom is 0.165 e. The van der Waals surface area contributed by atoms with E-state index in [4.69, 9.17) is 34.3 Å². The monoisotopic (exact) mass is 327 g/mol. The lowest BCUT2D eigenvalue weighted by atomic mass is 10.2. The van der Waals surface area contributed by atoms with Crippen molar-refractivity contribution in [3.8, 4) is 5.75 Å². The Morgan fingerprint density at radius 3 is 2.81 bits per heavy atom. The van der Waals surface area contributed by atoms with Gasteiger partial charge in [-0.05, 0) is 32.0 Å². The molecular formula is C14H15ClFN3OS. The fraction of sp³-hybridized carbons (Fsp3) is 0.286. The van der Waals surface area contributed by atoms with Crippen LogP contribution in [0.25, 0.3) is 0 Å². The number of ether oxygens (including phenoxy) is 1. The second-order valence-electron chi connectivity index (χ2n) is 4.46. The Labute approximate surface area is 132 Å². The van der Waals surface area contributed by atoms with Crippen molar-refractivity contribution in [1.29, 1.82) is 0 Å². The smallest absolute Gasteiger partial charge is 0.165 e. The first-order chi connectivity index (χ1) is 9.93. The fourth-order valence-electron chi connectivity index (χ4n) is 1.92. The van der Waals surface area contributed by atoms with Gasteiger partial charge in [0.25, 0.3) is 0 Å². The number of aromatic nitrogens is 2. The van der Waals surface area contributed by atoms with Crippen LogP contribution in [0.5, 0.6) is 5.75 Å². The molecule has 0 saturated carbocycles. The molecule has 0 radical (unpaired) electrons. The second kappa shape index (κ2) is 6.41. The molecular weight excluding hydrogens is 313 g/mol. The average Bonchev–Trinajstić information content (AvgIpc) is 2.72. The first-order valence-electron chi connectivity index (χ1n) is 6.38. The first-order valence-corrected chi connectivity index (χ1v) is 7.16. The van der Waals surface area contributed by atoms with E-state index < -0.39 is 5.82 Å². The third-order valence-corrected chi connectivity index (χ3v) is 3.76. The summed E-state index contributed by atoms with van der Waals surface area (Å²) >= 11 is 11.0. The number of halogens is 2. The molecule has 7 heteroatoms. The number of thiocarbonyl (C=S) groups is 1. The molecule has 4 nitrogen and oxygen atoms in total. The molecule has 1 heterocycles. The van der Waals surface area contributed by atoms with Crippen LogP contribution in [0.3, 0.4) is 0 Å². The van der Waals surface area contributed by atoms with E-state index >= 15 is 0 Å². The van der Waals surface area contributed by atoms with Crippen LogP contribution in [0, 0.1) is 12.7 Å². The van der Waals surface area contributed by atoms with Gasteiger partial charge in [-0.1, -0.05) is 23.8 Å². The molecule has 1 aromatic carbocycles. The molecule has 2 N–H and O–H groups in total. The van der Waals surface area contributed by atoms with Crippen LogP contribution in [0.15, 0.2) is 18.2 Å². The standard InChI is InChI=1S/C14H15ClFN3OS/c1-3-19-11(13(15)8(2)18-19)7-20-12-5-4-9(14(17)21)6-10(12)16/h4-6H,3,7H2,1-2H3,(H2,17,21). The molecule has 0 fully saturated rings. The molecule has 0 aliphatic heterocycles. The minimum atomic E-state index is -0.518. The number of rotatable bonds is 5. The van der Waals surface area contributed by atoms with Crippen LogP contribution in [-0.4, -0.2) is 14.8 Å². The lowest BCUT2D eigenvalue weighted by molar-refractivity contribution is 0.278. The highest BCUT2D eigenvalue weighted by Crippen LogP contribution is 2.24. The Balaban J connectivity index is 2.19. The number of aryl methyl sites for hydroxylation is 2. The van der Waals surface area contributed by atoms with Gasteiger partial charge in [-0.15, -0.1) is 0 Å². The maximum atomic E-state index is 13.9. The molecule has 21 heavy (non-hydrogen) atoms. The summed E-state index contributed by atoms with van der Waals surface area (Å²) in [6.45, 7) is 4.56. The van der Waals surface area contributed by atoms with Crippen molar-refractivity contribution >= 4 is 28.8 Å². The van der Waals surface area contributed by atoms with Crippen molar-refractivity contribution in [1.82, 2.24) is 9.78 Å². The average molecular weight is 328 g/mol. The summed E-state index contributed by atoms with van der Waals surface area (Å²) in [5, 5.41) is 4.82. The summed E-state index contributed by atoms with van der Waals surface area (Å²) < 4.78 is 21.1. The third-order valence-electron chi connectivity index (χ3n) is 3.03. The zero-order chi connectivity index (χ0) is 15.6. The van der Waals surface area contributed by atoms with Crippen molar-refractivity contribution in [3.05, 3.63) is 46.0 Å². The summed E-state index contributed by atoms with van der Waals surface area (Å²) in [5.41, 5.74) is 7.35. The van der Waals surface area contributed by atoms with Gasteiger partial charge in [-0.3, -0.25) is 4.68 Å². The summed E-state index contributed by atoms with van der Waals surface area (Å²) in [4.78, 5) is 0.142. The molecule has 1 aromatic heterocycles. The number of hydrogen-bond acceptors (Lipinski definition) is 3. The lowest BCUT2D eigenvalue weighted by Crippen LogP contribution is -2.10. The topological polar surface area (TPSA) is 53.1 Å². The predicted octanol–water partition coefficient (Wildman–Crippen LogP) is 3.22. The Bertz CT molecular complexity index is 687. The second-order valence-corrected chi connectivity index (χ2v) is 5.28. The zero-order valence-corrected chi connectivity index (χ0v) is 13.3. The van der Waals surface area contributed by atoms with Gasteiger partial charge in [0, 0.05) is 12.1 Å². The first kappa shape index (κ1) is 15.7. The summed E-state index contributed by atoms with van der Waals surface area (Å²) in [5.74, 6) is -0.400. The fourth-order valence-corrected chi connectivity index (χ4v) is 2.24. The summed E-state index contributed by atoms with van der Waals surface area (Å²) in [6.07, 6.45) is 0. The molecule has 0 aliphatic carbocycles. The van der Waals surface area contributed by atoms with Gasteiger partial charge in [0.1, 0.15) is 11.6 Å². The number of nitrogens with zero attached hydrogens (tertiary/aromatic N) is 2. The Morgan fingerprint density at radius 1 is 1.52 bits per heavy atom. The van der Waals surface area contributed by atoms with Crippen molar-refractivity contribution < 1.29 is 9.13 Å². The van der Waals surface area contributed by atoms with E-state index in [1.165, 1.54) is 12.1 Å². The van der Waals surface area contributed by atoms with E-state index in [0.717, 1.165) is 11.4 Å². The van der Waals surface area contributed by atoms with Crippen molar-refractivity contribution in [3.63, 3.8) is 0 Å². The summed E-state index contributed by atoms with van der Waals surface area (Å²) in [7, 11) is 0. The quantitative estimate of drug-likeness (QED) is 0.857.